The second-order valence-corrected chi connectivity index (χ2v) is 4.80. The Hall–Kier alpha value is -1.91. The second kappa shape index (κ2) is 4.76. The van der Waals surface area contributed by atoms with Gasteiger partial charge in [-0.15, -0.1) is 0 Å². The van der Waals surface area contributed by atoms with Crippen LogP contribution < -0.4 is 5.32 Å². The third-order valence-electron chi connectivity index (χ3n) is 3.39. The Morgan fingerprint density at radius 1 is 1.22 bits per heavy atom. The fourth-order valence-electron chi connectivity index (χ4n) is 2.56. The van der Waals surface area contributed by atoms with E-state index in [1.54, 1.807) is 12.4 Å². The summed E-state index contributed by atoms with van der Waals surface area (Å²) in [5.41, 5.74) is 1.92. The van der Waals surface area contributed by atoms with Crippen molar-refractivity contribution in [2.75, 3.05) is 5.32 Å². The van der Waals surface area contributed by atoms with Gasteiger partial charge < -0.3 is 9.88 Å². The van der Waals surface area contributed by atoms with Crippen molar-refractivity contribution in [3.05, 3.63) is 30.6 Å². The van der Waals surface area contributed by atoms with E-state index in [0.29, 0.717) is 6.04 Å². The largest absolute Gasteiger partial charge is 0.323 e. The lowest BCUT2D eigenvalue weighted by Crippen LogP contribution is -2.08. The van der Waals surface area contributed by atoms with Gasteiger partial charge in [-0.25, -0.2) is 15.0 Å². The lowest BCUT2D eigenvalue weighted by Gasteiger charge is -2.15. The van der Waals surface area contributed by atoms with Crippen molar-refractivity contribution in [3.63, 3.8) is 0 Å². The first-order valence-electron chi connectivity index (χ1n) is 6.40. The molecule has 3 rings (SSSR count). The van der Waals surface area contributed by atoms with Gasteiger partial charge in [-0.05, 0) is 19.8 Å². The Kier molecular flexibility index (Phi) is 2.96. The summed E-state index contributed by atoms with van der Waals surface area (Å²) < 4.78 is 2.26. The van der Waals surface area contributed by atoms with Gasteiger partial charge in [0.25, 0.3) is 0 Å². The van der Waals surface area contributed by atoms with Crippen LogP contribution in [0, 0.1) is 6.92 Å². The molecule has 0 aromatic carbocycles. The van der Waals surface area contributed by atoms with Crippen LogP contribution in [0.5, 0.6) is 0 Å². The van der Waals surface area contributed by atoms with E-state index in [0.717, 1.165) is 17.3 Å². The molecule has 0 bridgehead atoms. The van der Waals surface area contributed by atoms with E-state index in [9.17, 15) is 0 Å². The summed E-state index contributed by atoms with van der Waals surface area (Å²) >= 11 is 0. The first kappa shape index (κ1) is 11.2. The maximum absolute atomic E-state index is 4.55. The van der Waals surface area contributed by atoms with E-state index in [4.69, 9.17) is 0 Å². The van der Waals surface area contributed by atoms with E-state index in [2.05, 4.69) is 31.0 Å². The standard InChI is InChI=1S/C13H17N5/c1-10-8-18(12-4-2-3-5-12)13(16-10)17-11-6-14-9-15-7-11/h6-9,12H,2-5H2,1H3,(H,16,17). The Balaban J connectivity index is 1.87. The number of imidazole rings is 1. The summed E-state index contributed by atoms with van der Waals surface area (Å²) in [6.45, 7) is 2.03. The summed E-state index contributed by atoms with van der Waals surface area (Å²) in [6, 6.07) is 0.582. The molecular weight excluding hydrogens is 226 g/mol. The quantitative estimate of drug-likeness (QED) is 0.900. The van der Waals surface area contributed by atoms with Crippen LogP contribution in [0.1, 0.15) is 37.4 Å². The van der Waals surface area contributed by atoms with Gasteiger partial charge in [-0.3, -0.25) is 0 Å². The van der Waals surface area contributed by atoms with Gasteiger partial charge in [-0.2, -0.15) is 0 Å². The minimum Gasteiger partial charge on any atom is -0.323 e. The average molecular weight is 243 g/mol. The first-order valence-corrected chi connectivity index (χ1v) is 6.40. The SMILES string of the molecule is Cc1cn(C2CCCC2)c(Nc2cncnc2)n1. The van der Waals surface area contributed by atoms with Crippen molar-refractivity contribution >= 4 is 11.6 Å². The fourth-order valence-corrected chi connectivity index (χ4v) is 2.56. The predicted octanol–water partition coefficient (Wildman–Crippen LogP) is 2.84. The maximum Gasteiger partial charge on any atom is 0.207 e. The van der Waals surface area contributed by atoms with Crippen LogP contribution >= 0.6 is 0 Å². The highest BCUT2D eigenvalue weighted by atomic mass is 15.2. The molecule has 1 aliphatic carbocycles. The van der Waals surface area contributed by atoms with Crippen LogP contribution in [-0.4, -0.2) is 19.5 Å². The number of aryl methyl sites for hydroxylation is 1. The van der Waals surface area contributed by atoms with Crippen LogP contribution in [0.3, 0.4) is 0 Å². The van der Waals surface area contributed by atoms with Gasteiger partial charge in [0, 0.05) is 12.2 Å². The van der Waals surface area contributed by atoms with Crippen molar-refractivity contribution in [3.8, 4) is 0 Å². The smallest absolute Gasteiger partial charge is 0.207 e. The molecule has 5 heteroatoms. The highest BCUT2D eigenvalue weighted by Gasteiger charge is 2.20. The molecule has 2 aromatic heterocycles. The predicted molar refractivity (Wildman–Crippen MR) is 69.8 cm³/mol. The van der Waals surface area contributed by atoms with Crippen LogP contribution in [0.15, 0.2) is 24.9 Å². The molecule has 18 heavy (non-hydrogen) atoms. The highest BCUT2D eigenvalue weighted by Crippen LogP contribution is 2.32. The molecule has 0 amide bonds. The van der Waals surface area contributed by atoms with Gasteiger partial charge in [-0.1, -0.05) is 12.8 Å². The van der Waals surface area contributed by atoms with Gasteiger partial charge in [0.1, 0.15) is 6.33 Å². The van der Waals surface area contributed by atoms with E-state index in [1.807, 2.05) is 6.92 Å². The Morgan fingerprint density at radius 2 is 1.94 bits per heavy atom. The van der Waals surface area contributed by atoms with Crippen LogP contribution in [0.4, 0.5) is 11.6 Å². The lowest BCUT2D eigenvalue weighted by atomic mass is 10.2. The third kappa shape index (κ3) is 2.20. The summed E-state index contributed by atoms with van der Waals surface area (Å²) in [5, 5.41) is 3.30. The van der Waals surface area contributed by atoms with Crippen LogP contribution in [-0.2, 0) is 0 Å². The number of nitrogens with one attached hydrogen (secondary N) is 1. The van der Waals surface area contributed by atoms with Crippen LogP contribution in [0.2, 0.25) is 0 Å². The molecule has 0 unspecified atom stereocenters. The molecule has 1 aliphatic rings. The number of hydrogen-bond acceptors (Lipinski definition) is 4. The van der Waals surface area contributed by atoms with Crippen molar-refractivity contribution in [2.45, 2.75) is 38.6 Å². The third-order valence-corrected chi connectivity index (χ3v) is 3.39. The molecule has 94 valence electrons. The summed E-state index contributed by atoms with van der Waals surface area (Å²) in [7, 11) is 0. The normalized spacial score (nSPS) is 16.1. The minimum atomic E-state index is 0.582. The molecule has 0 aliphatic heterocycles. The summed E-state index contributed by atoms with van der Waals surface area (Å²) in [5.74, 6) is 0.897. The van der Waals surface area contributed by atoms with E-state index in [-0.39, 0.29) is 0 Å². The molecule has 5 nitrogen and oxygen atoms in total. The van der Waals surface area contributed by atoms with Crippen molar-refractivity contribution in [1.29, 1.82) is 0 Å². The molecule has 1 saturated carbocycles. The molecule has 2 aromatic rings. The van der Waals surface area contributed by atoms with Crippen molar-refractivity contribution in [2.24, 2.45) is 0 Å². The number of hydrogen-bond donors (Lipinski definition) is 1. The van der Waals surface area contributed by atoms with E-state index >= 15 is 0 Å². The zero-order chi connectivity index (χ0) is 12.4. The molecule has 0 radical (unpaired) electrons. The summed E-state index contributed by atoms with van der Waals surface area (Å²) in [4.78, 5) is 12.6. The topological polar surface area (TPSA) is 55.6 Å². The van der Waals surface area contributed by atoms with Crippen molar-refractivity contribution in [1.82, 2.24) is 19.5 Å². The van der Waals surface area contributed by atoms with Gasteiger partial charge >= 0.3 is 0 Å². The Morgan fingerprint density at radius 3 is 2.67 bits per heavy atom. The van der Waals surface area contributed by atoms with Crippen LogP contribution in [0.25, 0.3) is 0 Å². The fraction of sp³-hybridized carbons (Fsp3) is 0.462. The highest BCUT2D eigenvalue weighted by molar-refractivity contribution is 5.51. The van der Waals surface area contributed by atoms with E-state index < -0.39 is 0 Å². The Bertz CT molecular complexity index is 513. The minimum absolute atomic E-state index is 0.582. The molecule has 0 spiro atoms. The van der Waals surface area contributed by atoms with Gasteiger partial charge in [0.15, 0.2) is 0 Å². The van der Waals surface area contributed by atoms with Crippen molar-refractivity contribution < 1.29 is 0 Å². The molecular formula is C13H17N5. The Labute approximate surface area is 106 Å². The van der Waals surface area contributed by atoms with Gasteiger partial charge in [0.2, 0.25) is 5.95 Å². The number of nitrogens with zero attached hydrogens (tertiary/aromatic N) is 4. The van der Waals surface area contributed by atoms with Gasteiger partial charge in [0.05, 0.1) is 23.8 Å². The molecule has 0 atom stereocenters. The summed E-state index contributed by atoms with van der Waals surface area (Å²) in [6.07, 6.45) is 12.3. The number of aromatic nitrogens is 4. The molecule has 0 saturated heterocycles. The average Bonchev–Trinajstić information content (AvgIpc) is 3.00. The monoisotopic (exact) mass is 243 g/mol. The molecule has 2 heterocycles. The lowest BCUT2D eigenvalue weighted by molar-refractivity contribution is 0.524. The molecule has 1 N–H and O–H groups in total. The number of rotatable bonds is 3. The molecule has 1 fully saturated rings. The second-order valence-electron chi connectivity index (χ2n) is 4.80. The number of anilines is 2. The van der Waals surface area contributed by atoms with E-state index in [1.165, 1.54) is 32.0 Å². The zero-order valence-corrected chi connectivity index (χ0v) is 10.5. The first-order chi connectivity index (χ1) is 8.83. The zero-order valence-electron chi connectivity index (χ0n) is 10.5. The maximum atomic E-state index is 4.55.